The summed E-state index contributed by atoms with van der Waals surface area (Å²) < 4.78 is 43.6. The molecule has 0 saturated heterocycles. The number of hydrogen-bond acceptors (Lipinski definition) is 7. The van der Waals surface area contributed by atoms with Crippen molar-refractivity contribution < 1.29 is 28.1 Å². The zero-order chi connectivity index (χ0) is 23.7. The quantitative estimate of drug-likeness (QED) is 0.370. The number of methoxy groups -OCH3 is 1. The second kappa shape index (κ2) is 11.9. The van der Waals surface area contributed by atoms with Gasteiger partial charge in [0.2, 0.25) is 0 Å². The first kappa shape index (κ1) is 25.7. The van der Waals surface area contributed by atoms with Crippen LogP contribution in [0.2, 0.25) is 0 Å². The average Bonchev–Trinajstić information content (AvgIpc) is 2.76. The van der Waals surface area contributed by atoms with Gasteiger partial charge in [0.15, 0.2) is 0 Å². The molecule has 0 aliphatic carbocycles. The van der Waals surface area contributed by atoms with E-state index < -0.39 is 22.2 Å². The molecule has 0 aromatic heterocycles. The van der Waals surface area contributed by atoms with Crippen LogP contribution in [-0.2, 0) is 21.1 Å². The van der Waals surface area contributed by atoms with Crippen molar-refractivity contribution in [3.63, 3.8) is 0 Å². The minimum absolute atomic E-state index is 0.0186. The molecule has 32 heavy (non-hydrogen) atoms. The van der Waals surface area contributed by atoms with E-state index in [1.807, 2.05) is 44.2 Å². The number of aliphatic imine (C=N–C) groups is 1. The minimum atomic E-state index is -4.03. The van der Waals surface area contributed by atoms with Crippen molar-refractivity contribution in [2.75, 3.05) is 20.2 Å². The molecule has 0 fully saturated rings. The maximum atomic E-state index is 13.3. The fraction of sp³-hybridized carbons (Fsp3) is 0.409. The summed E-state index contributed by atoms with van der Waals surface area (Å²) in [6, 6.07) is 12.5. The number of benzene rings is 2. The molecular formula is C22H29BN2O6S. The van der Waals surface area contributed by atoms with Crippen molar-refractivity contribution in [2.45, 2.75) is 37.3 Å². The summed E-state index contributed by atoms with van der Waals surface area (Å²) in [5.41, 5.74) is 0.901. The molecule has 172 valence electrons. The first-order chi connectivity index (χ1) is 15.2. The van der Waals surface area contributed by atoms with Crippen LogP contribution in [0, 0.1) is 5.92 Å². The van der Waals surface area contributed by atoms with Gasteiger partial charge < -0.3 is 0 Å². The number of rotatable bonds is 12. The van der Waals surface area contributed by atoms with Crippen molar-refractivity contribution in [2.24, 2.45) is 10.9 Å². The van der Waals surface area contributed by atoms with Gasteiger partial charge in [0, 0.05) is 0 Å². The molecule has 2 aromatic carbocycles. The van der Waals surface area contributed by atoms with Gasteiger partial charge in [-0.1, -0.05) is 0 Å². The van der Waals surface area contributed by atoms with Crippen LogP contribution in [0.25, 0.3) is 0 Å². The number of aliphatic hydroxyl groups excluding tert-OH is 1. The van der Waals surface area contributed by atoms with Crippen LogP contribution in [0.4, 0.5) is 0 Å². The standard InChI is InChI=1S/C22H29BN2O6S/c1-16(2)13-25(32(29,30)18-9-10-22(31-3)20(26)12-18)14-21(27)19(24-15-23-28)11-17-7-5-4-6-8-17/h4-10,12,15-16,19,21,26-27H,11,13-14H2,1-3H3/t19-,21+/m0/s1. The van der Waals surface area contributed by atoms with Gasteiger partial charge >= 0.3 is 183 Å². The third kappa shape index (κ3) is 6.98. The van der Waals surface area contributed by atoms with Crippen molar-refractivity contribution in [3.05, 3.63) is 54.1 Å². The fourth-order valence-corrected chi connectivity index (χ4v) is 4.92. The zero-order valence-electron chi connectivity index (χ0n) is 18.5. The number of ether oxygens (including phenoxy) is 1. The number of aliphatic hydroxyl groups is 1. The fourth-order valence-electron chi connectivity index (χ4n) is 3.28. The molecule has 2 N–H and O–H groups in total. The number of phenolic OH excluding ortho intramolecular Hbond substituents is 1. The van der Waals surface area contributed by atoms with Crippen LogP contribution < -0.4 is 4.74 Å². The zero-order valence-corrected chi connectivity index (χ0v) is 19.3. The summed E-state index contributed by atoms with van der Waals surface area (Å²) in [7, 11) is -2.14. The molecule has 8 nitrogen and oxygen atoms in total. The third-order valence-electron chi connectivity index (χ3n) is 4.82. The molecule has 0 aliphatic rings. The van der Waals surface area contributed by atoms with Crippen LogP contribution in [0.3, 0.4) is 0 Å². The summed E-state index contributed by atoms with van der Waals surface area (Å²) in [5, 5.41) is 21.0. The molecule has 0 saturated carbocycles. The predicted molar refractivity (Wildman–Crippen MR) is 123 cm³/mol. The molecule has 0 unspecified atom stereocenters. The third-order valence-corrected chi connectivity index (χ3v) is 6.65. The second-order valence-corrected chi connectivity index (χ2v) is 9.75. The van der Waals surface area contributed by atoms with Gasteiger partial charge in [-0.05, 0) is 0 Å². The van der Waals surface area contributed by atoms with E-state index in [0.717, 1.165) is 17.7 Å². The van der Waals surface area contributed by atoms with Crippen molar-refractivity contribution in [1.29, 1.82) is 0 Å². The molecule has 0 radical (unpaired) electrons. The SMILES string of the molecule is COc1ccc(S(=O)(=O)N(CC(C)C)C[C@@H](O)[C@H](Cc2ccccc2)N=CB=O)cc1O. The molecular weight excluding hydrogens is 431 g/mol. The molecule has 10 heteroatoms. The van der Waals surface area contributed by atoms with Gasteiger partial charge in [0.25, 0.3) is 0 Å². The molecule has 0 amide bonds. The van der Waals surface area contributed by atoms with Crippen LogP contribution in [0.1, 0.15) is 19.4 Å². The molecule has 0 aliphatic heterocycles. The van der Waals surface area contributed by atoms with E-state index in [1.54, 1.807) is 0 Å². The van der Waals surface area contributed by atoms with Crippen LogP contribution >= 0.6 is 0 Å². The second-order valence-electron chi connectivity index (χ2n) is 7.81. The summed E-state index contributed by atoms with van der Waals surface area (Å²) in [4.78, 5) is 4.03. The van der Waals surface area contributed by atoms with Gasteiger partial charge in [-0.2, -0.15) is 0 Å². The van der Waals surface area contributed by atoms with Gasteiger partial charge in [0.05, 0.1) is 7.11 Å². The number of sulfonamides is 1. The summed E-state index contributed by atoms with van der Waals surface area (Å²) in [6.07, 6.45) is 0.247. The Balaban J connectivity index is 2.33. The monoisotopic (exact) mass is 460 g/mol. The number of hydrogen-bond donors (Lipinski definition) is 2. The van der Waals surface area contributed by atoms with E-state index in [-0.39, 0.29) is 35.4 Å². The summed E-state index contributed by atoms with van der Waals surface area (Å²) in [6.45, 7) is 3.67. The maximum absolute atomic E-state index is 13.3. The Hall–Kier alpha value is -2.56. The van der Waals surface area contributed by atoms with Gasteiger partial charge in [-0.3, -0.25) is 0 Å². The Kier molecular flexibility index (Phi) is 9.55. The number of nitrogens with zero attached hydrogens (tertiary/aromatic N) is 2. The van der Waals surface area contributed by atoms with Crippen LogP contribution in [0.5, 0.6) is 11.5 Å². The van der Waals surface area contributed by atoms with Gasteiger partial charge in [-0.25, -0.2) is 0 Å². The van der Waals surface area contributed by atoms with E-state index >= 15 is 0 Å². The first-order valence-corrected chi connectivity index (χ1v) is 11.7. The van der Waals surface area contributed by atoms with Gasteiger partial charge in [-0.15, -0.1) is 0 Å². The van der Waals surface area contributed by atoms with Crippen LogP contribution in [-0.4, -0.2) is 68.5 Å². The Bertz CT molecular complexity index is 1010. The van der Waals surface area contributed by atoms with Gasteiger partial charge in [0.1, 0.15) is 0 Å². The Labute approximate surface area is 189 Å². The van der Waals surface area contributed by atoms with E-state index in [0.29, 0.717) is 13.6 Å². The van der Waals surface area contributed by atoms with E-state index in [1.165, 1.54) is 23.5 Å². The average molecular weight is 460 g/mol. The van der Waals surface area contributed by atoms with E-state index in [2.05, 4.69) is 4.99 Å². The summed E-state index contributed by atoms with van der Waals surface area (Å²) >= 11 is 0. The summed E-state index contributed by atoms with van der Waals surface area (Å²) in [5.74, 6) is -0.156. The topological polar surface area (TPSA) is 117 Å². The number of phenols is 1. The predicted octanol–water partition coefficient (Wildman–Crippen LogP) is 2.10. The molecule has 0 heterocycles. The Morgan fingerprint density at radius 3 is 2.41 bits per heavy atom. The molecule has 0 spiro atoms. The van der Waals surface area contributed by atoms with E-state index in [4.69, 9.17) is 4.74 Å². The van der Waals surface area contributed by atoms with Crippen molar-refractivity contribution in [1.82, 2.24) is 4.31 Å². The molecule has 2 rings (SSSR count). The molecule has 2 aromatic rings. The Morgan fingerprint density at radius 1 is 1.16 bits per heavy atom. The first-order valence-electron chi connectivity index (χ1n) is 10.2. The van der Waals surface area contributed by atoms with E-state index in [9.17, 15) is 23.3 Å². The molecule has 2 atom stereocenters. The normalized spacial score (nSPS) is 13.9. The molecule has 0 bridgehead atoms. The van der Waals surface area contributed by atoms with Crippen molar-refractivity contribution >= 4 is 23.3 Å². The van der Waals surface area contributed by atoms with Crippen LogP contribution in [0.15, 0.2) is 58.4 Å². The number of aromatic hydroxyl groups is 1. The Morgan fingerprint density at radius 2 is 1.84 bits per heavy atom. The van der Waals surface area contributed by atoms with Crippen molar-refractivity contribution in [3.8, 4) is 11.5 Å².